The quantitative estimate of drug-likeness (QED) is 0.854. The van der Waals surface area contributed by atoms with Crippen molar-refractivity contribution in [2.45, 2.75) is 39.2 Å². The Bertz CT molecular complexity index is 313. The van der Waals surface area contributed by atoms with Gasteiger partial charge in [0.15, 0.2) is 0 Å². The lowest BCUT2D eigenvalue weighted by Crippen LogP contribution is -2.52. The van der Waals surface area contributed by atoms with E-state index in [4.69, 9.17) is 0 Å². The zero-order chi connectivity index (χ0) is 14.0. The molecule has 0 radical (unpaired) electrons. The zero-order valence-corrected chi connectivity index (χ0v) is 15.4. The number of hydrogen-bond donors (Lipinski definition) is 1. The van der Waals surface area contributed by atoms with Gasteiger partial charge in [-0.1, -0.05) is 13.8 Å². The van der Waals surface area contributed by atoms with Crippen molar-refractivity contribution in [1.82, 2.24) is 15.1 Å². The molecule has 1 unspecified atom stereocenters. The fraction of sp³-hybridized carbons (Fsp3) is 0.933. The molecule has 1 atom stereocenters. The van der Waals surface area contributed by atoms with Gasteiger partial charge in [0.1, 0.15) is 0 Å². The standard InChI is InChI=1S/C15H29N3O.2ClH/c1-12(2)13(17(3)4)14(19)18-9-6-15(7-10-18)5-8-16-11-15;;/h12-13,16H,5-11H2,1-4H3;2*1H. The van der Waals surface area contributed by atoms with Crippen molar-refractivity contribution in [2.75, 3.05) is 40.3 Å². The summed E-state index contributed by atoms with van der Waals surface area (Å²) in [4.78, 5) is 16.8. The summed E-state index contributed by atoms with van der Waals surface area (Å²) in [6.07, 6.45) is 3.63. The summed E-state index contributed by atoms with van der Waals surface area (Å²) >= 11 is 0. The Labute approximate surface area is 141 Å². The van der Waals surface area contributed by atoms with Crippen LogP contribution in [0.1, 0.15) is 33.1 Å². The molecule has 6 heteroatoms. The van der Waals surface area contributed by atoms with Crippen LogP contribution >= 0.6 is 24.8 Å². The van der Waals surface area contributed by atoms with Crippen molar-refractivity contribution in [1.29, 1.82) is 0 Å². The van der Waals surface area contributed by atoms with E-state index in [2.05, 4.69) is 29.0 Å². The number of rotatable bonds is 3. The number of hydrogen-bond acceptors (Lipinski definition) is 3. The van der Waals surface area contributed by atoms with Gasteiger partial charge >= 0.3 is 0 Å². The predicted molar refractivity (Wildman–Crippen MR) is 92.5 cm³/mol. The van der Waals surface area contributed by atoms with Crippen LogP contribution in [-0.2, 0) is 4.79 Å². The molecule has 2 heterocycles. The first kappa shape index (κ1) is 21.0. The molecule has 2 saturated heterocycles. The van der Waals surface area contributed by atoms with Crippen molar-refractivity contribution in [2.24, 2.45) is 11.3 Å². The molecular formula is C15H31Cl2N3O. The van der Waals surface area contributed by atoms with E-state index in [0.717, 1.165) is 26.2 Å². The van der Waals surface area contributed by atoms with E-state index in [0.29, 0.717) is 17.2 Å². The van der Waals surface area contributed by atoms with Gasteiger partial charge in [-0.25, -0.2) is 0 Å². The van der Waals surface area contributed by atoms with Crippen LogP contribution in [0.15, 0.2) is 0 Å². The van der Waals surface area contributed by atoms with E-state index >= 15 is 0 Å². The van der Waals surface area contributed by atoms with Crippen molar-refractivity contribution in [3.8, 4) is 0 Å². The van der Waals surface area contributed by atoms with Crippen molar-refractivity contribution in [3.63, 3.8) is 0 Å². The third-order valence-corrected chi connectivity index (χ3v) is 4.91. The number of nitrogens with zero attached hydrogens (tertiary/aromatic N) is 2. The fourth-order valence-electron chi connectivity index (χ4n) is 3.71. The number of carbonyl (C=O) groups is 1. The highest BCUT2D eigenvalue weighted by molar-refractivity contribution is 5.85. The predicted octanol–water partition coefficient (Wildman–Crippen LogP) is 2.02. The molecule has 0 saturated carbocycles. The van der Waals surface area contributed by atoms with Crippen LogP contribution in [0.4, 0.5) is 0 Å². The second kappa shape index (κ2) is 8.56. The van der Waals surface area contributed by atoms with Gasteiger partial charge in [0, 0.05) is 19.6 Å². The SMILES string of the molecule is CC(C)C(C(=O)N1CCC2(CCNC2)CC1)N(C)C.Cl.Cl. The summed E-state index contributed by atoms with van der Waals surface area (Å²) in [5.41, 5.74) is 0.488. The first-order valence-corrected chi connectivity index (χ1v) is 7.61. The molecule has 0 aromatic carbocycles. The van der Waals surface area contributed by atoms with Crippen molar-refractivity contribution >= 4 is 30.7 Å². The number of nitrogens with one attached hydrogen (secondary N) is 1. The highest BCUT2D eigenvalue weighted by Gasteiger charge is 2.39. The average Bonchev–Trinajstić information content (AvgIpc) is 2.77. The van der Waals surface area contributed by atoms with Gasteiger partial charge < -0.3 is 10.2 Å². The smallest absolute Gasteiger partial charge is 0.240 e. The first-order chi connectivity index (χ1) is 8.95. The molecular weight excluding hydrogens is 309 g/mol. The molecule has 0 aromatic heterocycles. The number of amides is 1. The molecule has 1 N–H and O–H groups in total. The minimum atomic E-state index is 0. The largest absolute Gasteiger partial charge is 0.341 e. The van der Waals surface area contributed by atoms with Crippen LogP contribution in [0, 0.1) is 11.3 Å². The maximum Gasteiger partial charge on any atom is 0.240 e. The lowest BCUT2D eigenvalue weighted by atomic mass is 9.77. The van der Waals surface area contributed by atoms with Gasteiger partial charge in [-0.2, -0.15) is 0 Å². The van der Waals surface area contributed by atoms with Gasteiger partial charge in [0.05, 0.1) is 6.04 Å². The zero-order valence-electron chi connectivity index (χ0n) is 13.7. The summed E-state index contributed by atoms with van der Waals surface area (Å²) in [5, 5.41) is 3.47. The maximum absolute atomic E-state index is 12.7. The molecule has 2 fully saturated rings. The lowest BCUT2D eigenvalue weighted by Gasteiger charge is -2.41. The highest BCUT2D eigenvalue weighted by Crippen LogP contribution is 2.37. The Hall–Kier alpha value is -0.0300. The van der Waals surface area contributed by atoms with Crippen LogP contribution in [0.3, 0.4) is 0 Å². The van der Waals surface area contributed by atoms with E-state index < -0.39 is 0 Å². The number of likely N-dealkylation sites (N-methyl/N-ethyl adjacent to an activating group) is 1. The molecule has 0 aromatic rings. The molecule has 0 aliphatic carbocycles. The minimum absolute atomic E-state index is 0. The number of piperidine rings is 1. The molecule has 0 bridgehead atoms. The van der Waals surface area contributed by atoms with Gasteiger partial charge in [0.2, 0.25) is 5.91 Å². The molecule has 2 rings (SSSR count). The summed E-state index contributed by atoms with van der Waals surface area (Å²) < 4.78 is 0. The minimum Gasteiger partial charge on any atom is -0.341 e. The van der Waals surface area contributed by atoms with Crippen LogP contribution in [0.25, 0.3) is 0 Å². The Kier molecular flexibility index (Phi) is 8.55. The number of carbonyl (C=O) groups excluding carboxylic acids is 1. The van der Waals surface area contributed by atoms with Crippen molar-refractivity contribution in [3.05, 3.63) is 0 Å². The monoisotopic (exact) mass is 339 g/mol. The van der Waals surface area contributed by atoms with Gasteiger partial charge in [-0.3, -0.25) is 9.69 Å². The maximum atomic E-state index is 12.7. The molecule has 2 aliphatic heterocycles. The molecule has 2 aliphatic rings. The summed E-state index contributed by atoms with van der Waals surface area (Å²) in [6, 6.07) is 0.0238. The van der Waals surface area contributed by atoms with E-state index in [1.54, 1.807) is 0 Å². The normalized spacial score (nSPS) is 22.1. The summed E-state index contributed by atoms with van der Waals surface area (Å²) in [6.45, 7) is 8.45. The lowest BCUT2D eigenvalue weighted by molar-refractivity contribution is -0.139. The first-order valence-electron chi connectivity index (χ1n) is 7.61. The van der Waals surface area contributed by atoms with Crippen LogP contribution in [0.5, 0.6) is 0 Å². The molecule has 21 heavy (non-hydrogen) atoms. The third kappa shape index (κ3) is 4.72. The third-order valence-electron chi connectivity index (χ3n) is 4.91. The molecule has 126 valence electrons. The molecule has 1 amide bonds. The van der Waals surface area contributed by atoms with E-state index in [1.165, 1.54) is 19.3 Å². The van der Waals surface area contributed by atoms with Crippen molar-refractivity contribution < 1.29 is 4.79 Å². The Morgan fingerprint density at radius 3 is 2.10 bits per heavy atom. The molecule has 4 nitrogen and oxygen atoms in total. The van der Waals surface area contributed by atoms with Crippen LogP contribution < -0.4 is 5.32 Å². The second-order valence-corrected chi connectivity index (χ2v) is 6.90. The molecule has 1 spiro atoms. The second-order valence-electron chi connectivity index (χ2n) is 6.90. The highest BCUT2D eigenvalue weighted by atomic mass is 35.5. The van der Waals surface area contributed by atoms with E-state index in [1.807, 2.05) is 14.1 Å². The fourth-order valence-corrected chi connectivity index (χ4v) is 3.71. The van der Waals surface area contributed by atoms with E-state index in [-0.39, 0.29) is 30.9 Å². The Balaban J connectivity index is 0.00000200. The number of likely N-dealkylation sites (tertiary alicyclic amines) is 1. The van der Waals surface area contributed by atoms with Gasteiger partial charge in [0.25, 0.3) is 0 Å². The Morgan fingerprint density at radius 2 is 1.71 bits per heavy atom. The summed E-state index contributed by atoms with van der Waals surface area (Å²) in [7, 11) is 4.02. The summed E-state index contributed by atoms with van der Waals surface area (Å²) in [5.74, 6) is 0.687. The Morgan fingerprint density at radius 1 is 1.14 bits per heavy atom. The van der Waals surface area contributed by atoms with Gasteiger partial charge in [-0.05, 0) is 51.2 Å². The van der Waals surface area contributed by atoms with Gasteiger partial charge in [-0.15, -0.1) is 24.8 Å². The van der Waals surface area contributed by atoms with Crippen LogP contribution in [-0.4, -0.2) is 62.0 Å². The van der Waals surface area contributed by atoms with E-state index in [9.17, 15) is 4.79 Å². The van der Waals surface area contributed by atoms with Crippen LogP contribution in [0.2, 0.25) is 0 Å². The number of halogens is 2. The average molecular weight is 340 g/mol. The topological polar surface area (TPSA) is 35.6 Å².